The fourth-order valence-corrected chi connectivity index (χ4v) is 2.64. The summed E-state index contributed by atoms with van der Waals surface area (Å²) in [6, 6.07) is 2.45. The van der Waals surface area contributed by atoms with Crippen molar-refractivity contribution in [1.29, 1.82) is 0 Å². The molecule has 0 saturated carbocycles. The summed E-state index contributed by atoms with van der Waals surface area (Å²) in [5, 5.41) is 7.69. The summed E-state index contributed by atoms with van der Waals surface area (Å²) in [6.45, 7) is 5.95. The summed E-state index contributed by atoms with van der Waals surface area (Å²) in [7, 11) is 0. The van der Waals surface area contributed by atoms with Crippen LogP contribution in [0.5, 0.6) is 0 Å². The Balaban J connectivity index is 2.12. The predicted molar refractivity (Wildman–Crippen MR) is 80.4 cm³/mol. The lowest BCUT2D eigenvalue weighted by atomic mass is 10.1. The van der Waals surface area contributed by atoms with Crippen LogP contribution in [0.3, 0.4) is 0 Å². The van der Waals surface area contributed by atoms with Gasteiger partial charge in [0.2, 0.25) is 0 Å². The van der Waals surface area contributed by atoms with Gasteiger partial charge in [-0.15, -0.1) is 0 Å². The molecular weight excluding hydrogens is 258 g/mol. The molecule has 0 aliphatic rings. The van der Waals surface area contributed by atoms with E-state index in [0.29, 0.717) is 17.7 Å². The Morgan fingerprint density at radius 2 is 2.05 bits per heavy atom. The fraction of sp³-hybridized carbons (Fsp3) is 0.385. The van der Waals surface area contributed by atoms with E-state index in [-0.39, 0.29) is 0 Å². The minimum absolute atomic E-state index is 0.299. The number of aromatic nitrogens is 2. The molecule has 0 aliphatic carbocycles. The molecule has 0 aliphatic heterocycles. The maximum atomic E-state index is 5.46. The van der Waals surface area contributed by atoms with Gasteiger partial charge in [-0.3, -0.25) is 0 Å². The van der Waals surface area contributed by atoms with Crippen molar-refractivity contribution in [3.63, 3.8) is 0 Å². The lowest BCUT2D eigenvalue weighted by Crippen LogP contribution is -2.21. The molecule has 2 aromatic heterocycles. The van der Waals surface area contributed by atoms with Crippen molar-refractivity contribution >= 4 is 23.0 Å². The molecule has 0 amide bonds. The van der Waals surface area contributed by atoms with Gasteiger partial charge in [0, 0.05) is 11.6 Å². The number of nitrogens with one attached hydrogen (secondary N) is 2. The summed E-state index contributed by atoms with van der Waals surface area (Å²) in [6.07, 6.45) is 0.970. The average Bonchev–Trinajstić information content (AvgIpc) is 2.86. The summed E-state index contributed by atoms with van der Waals surface area (Å²) < 4.78 is 0. The minimum Gasteiger partial charge on any atom is -0.367 e. The molecule has 2 aromatic rings. The maximum absolute atomic E-state index is 5.46. The number of aryl methyl sites for hydroxylation is 1. The molecule has 4 N–H and O–H groups in total. The number of nitrogens with zero attached hydrogens (tertiary/aromatic N) is 2. The smallest absolute Gasteiger partial charge is 0.148 e. The second kappa shape index (κ2) is 5.99. The van der Waals surface area contributed by atoms with Crippen LogP contribution >= 0.6 is 11.3 Å². The number of rotatable bonds is 5. The number of thiophene rings is 1. The van der Waals surface area contributed by atoms with E-state index in [4.69, 9.17) is 5.84 Å². The van der Waals surface area contributed by atoms with Crippen molar-refractivity contribution in [1.82, 2.24) is 9.97 Å². The van der Waals surface area contributed by atoms with Crippen molar-refractivity contribution in [3.05, 3.63) is 33.8 Å². The lowest BCUT2D eigenvalue weighted by Gasteiger charge is -2.17. The van der Waals surface area contributed by atoms with Crippen LogP contribution in [0.2, 0.25) is 0 Å². The molecule has 5 nitrogen and oxygen atoms in total. The van der Waals surface area contributed by atoms with Gasteiger partial charge < -0.3 is 10.7 Å². The highest BCUT2D eigenvalue weighted by Crippen LogP contribution is 2.20. The van der Waals surface area contributed by atoms with Gasteiger partial charge in [0.25, 0.3) is 0 Å². The summed E-state index contributed by atoms with van der Waals surface area (Å²) in [5.41, 5.74) is 4.88. The van der Waals surface area contributed by atoms with E-state index >= 15 is 0 Å². The molecule has 0 aromatic carbocycles. The average molecular weight is 277 g/mol. The number of hydrogen-bond donors (Lipinski definition) is 3. The molecule has 102 valence electrons. The van der Waals surface area contributed by atoms with Crippen molar-refractivity contribution in [3.8, 4) is 0 Å². The van der Waals surface area contributed by atoms with E-state index < -0.39 is 0 Å². The molecule has 0 fully saturated rings. The van der Waals surface area contributed by atoms with Gasteiger partial charge in [-0.1, -0.05) is 0 Å². The highest BCUT2D eigenvalue weighted by molar-refractivity contribution is 7.07. The summed E-state index contributed by atoms with van der Waals surface area (Å²) in [4.78, 5) is 8.68. The van der Waals surface area contributed by atoms with E-state index in [0.717, 1.165) is 17.8 Å². The topological polar surface area (TPSA) is 75.9 Å². The molecule has 2 rings (SSSR count). The normalized spacial score (nSPS) is 12.2. The Morgan fingerprint density at radius 1 is 1.32 bits per heavy atom. The third kappa shape index (κ3) is 3.42. The number of hydrazine groups is 1. The molecule has 2 heterocycles. The van der Waals surface area contributed by atoms with Crippen molar-refractivity contribution in [2.24, 2.45) is 5.84 Å². The van der Waals surface area contributed by atoms with Gasteiger partial charge in [-0.25, -0.2) is 15.8 Å². The summed E-state index contributed by atoms with van der Waals surface area (Å²) >= 11 is 1.72. The Labute approximate surface area is 117 Å². The highest BCUT2D eigenvalue weighted by atomic mass is 32.1. The molecule has 0 bridgehead atoms. The summed E-state index contributed by atoms with van der Waals surface area (Å²) in [5.74, 6) is 7.66. The zero-order valence-corrected chi connectivity index (χ0v) is 12.2. The second-order valence-electron chi connectivity index (χ2n) is 4.62. The number of anilines is 2. The third-order valence-corrected chi connectivity index (χ3v) is 3.63. The van der Waals surface area contributed by atoms with Crippen LogP contribution in [0.25, 0.3) is 0 Å². The van der Waals surface area contributed by atoms with Crippen LogP contribution in [0.4, 0.5) is 11.6 Å². The zero-order valence-electron chi connectivity index (χ0n) is 11.4. The van der Waals surface area contributed by atoms with E-state index in [1.54, 1.807) is 11.3 Å². The molecule has 6 heteroatoms. The van der Waals surface area contributed by atoms with Crippen LogP contribution in [-0.2, 0) is 6.42 Å². The molecule has 0 spiro atoms. The van der Waals surface area contributed by atoms with E-state index in [1.807, 2.05) is 13.8 Å². The molecular formula is C13H19N5S. The monoisotopic (exact) mass is 277 g/mol. The van der Waals surface area contributed by atoms with Crippen LogP contribution in [0.1, 0.15) is 23.9 Å². The number of hydrogen-bond acceptors (Lipinski definition) is 6. The van der Waals surface area contributed by atoms with Gasteiger partial charge in [0.05, 0.1) is 0 Å². The van der Waals surface area contributed by atoms with Crippen LogP contribution in [0, 0.1) is 13.8 Å². The lowest BCUT2D eigenvalue weighted by molar-refractivity contribution is 0.782. The van der Waals surface area contributed by atoms with E-state index in [9.17, 15) is 0 Å². The van der Waals surface area contributed by atoms with Gasteiger partial charge in [0.1, 0.15) is 17.5 Å². The second-order valence-corrected chi connectivity index (χ2v) is 5.40. The zero-order chi connectivity index (χ0) is 13.8. The Hall–Kier alpha value is -1.66. The van der Waals surface area contributed by atoms with Crippen molar-refractivity contribution in [2.75, 3.05) is 10.7 Å². The quantitative estimate of drug-likeness (QED) is 0.578. The van der Waals surface area contributed by atoms with E-state index in [1.165, 1.54) is 5.56 Å². The SMILES string of the molecule is Cc1nc(NN)c(C)c(NC(C)Cc2ccsc2)n1. The molecule has 1 atom stereocenters. The molecule has 1 unspecified atom stereocenters. The molecule has 0 saturated heterocycles. The van der Waals surface area contributed by atoms with Crippen LogP contribution in [-0.4, -0.2) is 16.0 Å². The van der Waals surface area contributed by atoms with Gasteiger partial charge in [-0.2, -0.15) is 11.3 Å². The standard InChI is InChI=1S/C13H19N5S/c1-8(6-11-4-5-19-7-11)15-12-9(2)13(18-14)17-10(3)16-12/h4-5,7-8H,6,14H2,1-3H3,(H2,15,16,17,18). The van der Waals surface area contributed by atoms with Gasteiger partial charge in [0.15, 0.2) is 0 Å². The first-order valence-electron chi connectivity index (χ1n) is 6.19. The first-order valence-corrected chi connectivity index (χ1v) is 7.14. The highest BCUT2D eigenvalue weighted by Gasteiger charge is 2.11. The van der Waals surface area contributed by atoms with Crippen molar-refractivity contribution in [2.45, 2.75) is 33.2 Å². The van der Waals surface area contributed by atoms with Gasteiger partial charge in [-0.05, 0) is 49.6 Å². The first kappa shape index (κ1) is 13.8. The first-order chi connectivity index (χ1) is 9.10. The van der Waals surface area contributed by atoms with Crippen molar-refractivity contribution < 1.29 is 0 Å². The largest absolute Gasteiger partial charge is 0.367 e. The van der Waals surface area contributed by atoms with Crippen LogP contribution in [0.15, 0.2) is 16.8 Å². The van der Waals surface area contributed by atoms with Crippen LogP contribution < -0.4 is 16.6 Å². The Bertz CT molecular complexity index is 538. The number of nitrogen functional groups attached to an aromatic ring is 1. The minimum atomic E-state index is 0.299. The predicted octanol–water partition coefficient (Wildman–Crippen LogP) is 2.48. The fourth-order valence-electron chi connectivity index (χ4n) is 1.96. The Kier molecular flexibility index (Phi) is 4.34. The molecule has 19 heavy (non-hydrogen) atoms. The third-order valence-electron chi connectivity index (χ3n) is 2.90. The van der Waals surface area contributed by atoms with E-state index in [2.05, 4.69) is 44.5 Å². The maximum Gasteiger partial charge on any atom is 0.148 e. The molecule has 0 radical (unpaired) electrons. The van der Waals surface area contributed by atoms with Gasteiger partial charge >= 0.3 is 0 Å². The number of nitrogens with two attached hydrogens (primary N) is 1. The Morgan fingerprint density at radius 3 is 2.68 bits per heavy atom.